The third-order valence-electron chi connectivity index (χ3n) is 25.8. The third kappa shape index (κ3) is 11.9. The molecule has 606 valence electrons. The Balaban J connectivity index is 0.000000103. The van der Waals surface area contributed by atoms with Crippen molar-refractivity contribution in [2.75, 3.05) is 0 Å². The van der Waals surface area contributed by atoms with E-state index >= 15 is 0 Å². The molecule has 17 aromatic carbocycles. The molecule has 0 N–H and O–H groups in total. The second-order valence-corrected chi connectivity index (χ2v) is 33.2. The fourth-order valence-electron chi connectivity index (χ4n) is 20.0. The van der Waals surface area contributed by atoms with E-state index in [9.17, 15) is 0 Å². The molecule has 0 atom stereocenters. The van der Waals surface area contributed by atoms with Crippen LogP contribution in [0.2, 0.25) is 0 Å². The molecule has 0 aliphatic carbocycles. The summed E-state index contributed by atoms with van der Waals surface area (Å²) in [5, 5.41) is 14.1. The normalized spacial score (nSPS) is 11.8. The molecule has 0 aliphatic heterocycles. The summed E-state index contributed by atoms with van der Waals surface area (Å²) >= 11 is 0. The predicted molar refractivity (Wildman–Crippen MR) is 536 cm³/mol. The highest BCUT2D eigenvalue weighted by atomic mass is 15.1. The lowest BCUT2D eigenvalue weighted by Crippen LogP contribution is -1.96. The van der Waals surface area contributed by atoms with E-state index in [0.717, 1.165) is 166 Å². The molecule has 0 saturated heterocycles. The number of nitrogens with zero attached hydrogens (tertiary/aromatic N) is 13. The molecule has 11 aromatic heterocycles. The van der Waals surface area contributed by atoms with Crippen molar-refractivity contribution in [3.8, 4) is 67.5 Å². The van der Waals surface area contributed by atoms with Gasteiger partial charge in [0.15, 0.2) is 11.3 Å². The lowest BCUT2D eigenvalue weighted by atomic mass is 10.0. The van der Waals surface area contributed by atoms with E-state index in [2.05, 4.69) is 384 Å². The summed E-state index contributed by atoms with van der Waals surface area (Å²) in [6.07, 6.45) is 7.88. The minimum Gasteiger partial charge on any atom is -0.309 e. The van der Waals surface area contributed by atoms with Crippen molar-refractivity contribution in [2.45, 2.75) is 0 Å². The summed E-state index contributed by atoms with van der Waals surface area (Å²) in [4.78, 5) is 34.7. The first kappa shape index (κ1) is 73.7. The summed E-state index contributed by atoms with van der Waals surface area (Å²) in [5.41, 5.74) is 34.2. The minimum absolute atomic E-state index is 0.858. The van der Waals surface area contributed by atoms with Gasteiger partial charge in [-0.2, -0.15) is 0 Å². The largest absolute Gasteiger partial charge is 0.309 e. The van der Waals surface area contributed by atoms with Gasteiger partial charge in [0, 0.05) is 111 Å². The van der Waals surface area contributed by atoms with Gasteiger partial charge in [0.2, 0.25) is 0 Å². The van der Waals surface area contributed by atoms with E-state index in [1.54, 1.807) is 0 Å². The van der Waals surface area contributed by atoms with Gasteiger partial charge in [-0.25, -0.2) is 19.9 Å². The van der Waals surface area contributed by atoms with E-state index in [0.29, 0.717) is 0 Å². The number of para-hydroxylation sites is 13. The van der Waals surface area contributed by atoms with Crippen LogP contribution >= 0.6 is 0 Å². The van der Waals surface area contributed by atoms with Gasteiger partial charge in [0.25, 0.3) is 0 Å². The van der Waals surface area contributed by atoms with Crippen LogP contribution in [0, 0.1) is 0 Å². The first-order valence-electron chi connectivity index (χ1n) is 43.8. The number of pyridine rings is 3. The highest BCUT2D eigenvalue weighted by molar-refractivity contribution is 6.23. The van der Waals surface area contributed by atoms with Gasteiger partial charge in [-0.3, -0.25) is 24.1 Å². The molecule has 0 saturated carbocycles. The van der Waals surface area contributed by atoms with Crippen molar-refractivity contribution in [2.24, 2.45) is 0 Å². The zero-order valence-electron chi connectivity index (χ0n) is 70.0. The molecule has 28 aromatic rings. The molecular weight excluding hydrogens is 1590 g/mol. The van der Waals surface area contributed by atoms with Gasteiger partial charge in [0.1, 0.15) is 11.0 Å². The van der Waals surface area contributed by atoms with E-state index in [-0.39, 0.29) is 0 Å². The fourth-order valence-corrected chi connectivity index (χ4v) is 20.0. The zero-order chi connectivity index (χ0) is 85.4. The van der Waals surface area contributed by atoms with Gasteiger partial charge in [-0.15, -0.1) is 0 Å². The maximum atomic E-state index is 5.16. The molecule has 11 heterocycles. The highest BCUT2D eigenvalue weighted by Gasteiger charge is 2.25. The molecule has 28 rings (SSSR count). The Hall–Kier alpha value is -17.8. The predicted octanol–water partition coefficient (Wildman–Crippen LogP) is 29.0. The van der Waals surface area contributed by atoms with Crippen LogP contribution in [0.25, 0.3) is 243 Å². The maximum absolute atomic E-state index is 5.16. The van der Waals surface area contributed by atoms with Crippen LogP contribution in [-0.4, -0.2) is 62.3 Å². The van der Waals surface area contributed by atoms with E-state index in [1.165, 1.54) is 76.6 Å². The molecule has 0 bridgehead atoms. The van der Waals surface area contributed by atoms with Crippen molar-refractivity contribution in [1.82, 2.24) is 62.3 Å². The Morgan fingerprint density at radius 3 is 1.00 bits per heavy atom. The van der Waals surface area contributed by atoms with Gasteiger partial charge >= 0.3 is 0 Å². The van der Waals surface area contributed by atoms with Gasteiger partial charge < -0.3 is 18.3 Å². The Kier molecular flexibility index (Phi) is 17.0. The first-order valence-corrected chi connectivity index (χ1v) is 43.8. The molecule has 0 fully saturated rings. The van der Waals surface area contributed by atoms with Crippen LogP contribution in [0.1, 0.15) is 0 Å². The number of aromatic nitrogens is 13. The Morgan fingerprint density at radius 1 is 0.169 bits per heavy atom. The SMILES string of the molecule is c1ccc(-n2c3ccc(-c4ccc5c(c4)c4cnc6ccccc6c4n5-c4ccccc4)cc3c3nc4ccccc4nc32)cc1.c1ccc(-n2c3ccc(-c4ccc5c(c4)c4nc6ccccc6nc4n5-c4ccccc4)cc3c3c4ccccc4ncc32)cc1.c1ccc(-n2c3ccccc3c3cc(-c4ccc5c6ccncc6n(-c6ccccc6)c5c4)ccc32)cc1. The lowest BCUT2D eigenvalue weighted by Gasteiger charge is -2.10. The first-order chi connectivity index (χ1) is 64.5. The van der Waals surface area contributed by atoms with E-state index < -0.39 is 0 Å². The van der Waals surface area contributed by atoms with Crippen LogP contribution in [0.4, 0.5) is 0 Å². The standard InChI is InChI=1S/2C41H25N5.C35H23N3/c1-3-11-28(12-4-1)45-37-21-19-26(23-31(37)33-25-42-34-16-8-7-15-30(34)40(33)45)27-20-22-38-32(24-27)39-41(46(38)29-13-5-2-6-14-29)44-36-18-10-9-17-35(36)43-39;1-3-11-28(12-4-1)45-36-21-19-26(23-31(36)39-30-15-7-8-16-33(30)42-25-38(39)45)27-20-22-37-32(24-27)40-41(46(37)29-13-5-2-6-14-29)44-35-18-10-9-17-34(35)43-40;1-3-9-26(10-4-1)37-32-14-8-7-13-28(32)31-21-24(16-18-33(31)37)25-15-17-29-30-19-20-36-23-35(30)38(34(29)22-25)27-11-5-2-6-12-27/h2*1-25H;1-23H. The second kappa shape index (κ2) is 30.0. The minimum atomic E-state index is 0.858. The summed E-state index contributed by atoms with van der Waals surface area (Å²) in [6, 6.07) is 148. The summed E-state index contributed by atoms with van der Waals surface area (Å²) < 4.78 is 13.8. The molecule has 0 spiro atoms. The van der Waals surface area contributed by atoms with Gasteiger partial charge in [0.05, 0.1) is 101 Å². The molecule has 0 aliphatic rings. The molecule has 0 radical (unpaired) electrons. The maximum Gasteiger partial charge on any atom is 0.165 e. The number of fused-ring (bicyclic) bond motifs is 24. The highest BCUT2D eigenvalue weighted by Crippen LogP contribution is 2.45. The lowest BCUT2D eigenvalue weighted by molar-refractivity contribution is 1.14. The molecule has 0 unspecified atom stereocenters. The molecule has 13 nitrogen and oxygen atoms in total. The smallest absolute Gasteiger partial charge is 0.165 e. The van der Waals surface area contributed by atoms with Crippen molar-refractivity contribution in [1.29, 1.82) is 0 Å². The average Bonchev–Trinajstić information content (AvgIpc) is 1.57. The van der Waals surface area contributed by atoms with E-state index in [1.807, 2.05) is 91.5 Å². The van der Waals surface area contributed by atoms with Crippen LogP contribution in [-0.2, 0) is 0 Å². The quantitative estimate of drug-likeness (QED) is 0.141. The third-order valence-corrected chi connectivity index (χ3v) is 25.8. The van der Waals surface area contributed by atoms with Crippen LogP contribution in [0.3, 0.4) is 0 Å². The number of hydrogen-bond donors (Lipinski definition) is 0. The van der Waals surface area contributed by atoms with Gasteiger partial charge in [-0.1, -0.05) is 231 Å². The van der Waals surface area contributed by atoms with Crippen LogP contribution in [0.15, 0.2) is 443 Å². The topological polar surface area (TPSA) is 120 Å². The summed E-state index contributed by atoms with van der Waals surface area (Å²) in [5.74, 6) is 0. The van der Waals surface area contributed by atoms with Crippen LogP contribution < -0.4 is 0 Å². The van der Waals surface area contributed by atoms with Crippen molar-refractivity contribution < 1.29 is 0 Å². The van der Waals surface area contributed by atoms with Crippen LogP contribution in [0.5, 0.6) is 0 Å². The zero-order valence-corrected chi connectivity index (χ0v) is 70.0. The van der Waals surface area contributed by atoms with E-state index in [4.69, 9.17) is 29.9 Å². The molecule has 130 heavy (non-hydrogen) atoms. The Labute approximate surface area is 743 Å². The van der Waals surface area contributed by atoms with Gasteiger partial charge in [-0.05, 0) is 221 Å². The van der Waals surface area contributed by atoms with Crippen molar-refractivity contribution in [3.05, 3.63) is 443 Å². The van der Waals surface area contributed by atoms with Crippen molar-refractivity contribution in [3.63, 3.8) is 0 Å². The average molecular weight is 1660 g/mol. The second-order valence-electron chi connectivity index (χ2n) is 33.2. The molecular formula is C117H73N13. The fraction of sp³-hybridized carbons (Fsp3) is 0. The Morgan fingerprint density at radius 2 is 0.492 bits per heavy atom. The summed E-state index contributed by atoms with van der Waals surface area (Å²) in [6.45, 7) is 0. The molecule has 0 amide bonds. The Bertz CT molecular complexity index is 9350. The number of hydrogen-bond acceptors (Lipinski definition) is 7. The van der Waals surface area contributed by atoms with Crippen molar-refractivity contribution >= 4 is 175 Å². The molecule has 13 heteroatoms. The number of rotatable bonds is 9. The summed E-state index contributed by atoms with van der Waals surface area (Å²) in [7, 11) is 0. The number of benzene rings is 17. The monoisotopic (exact) mass is 1660 g/mol.